The zero-order valence-electron chi connectivity index (χ0n) is 16.7. The number of benzene rings is 2. The number of halogens is 1. The first-order chi connectivity index (χ1) is 15.3. The molecule has 1 N–H and O–H groups in total. The van der Waals surface area contributed by atoms with Crippen molar-refractivity contribution < 1.29 is 22.5 Å². The largest absolute Gasteiger partial charge is 0.482 e. The molecule has 0 spiro atoms. The fraction of sp³-hybridized carbons (Fsp3) is 0.200. The summed E-state index contributed by atoms with van der Waals surface area (Å²) < 4.78 is 38.8. The van der Waals surface area contributed by atoms with Crippen LogP contribution in [0.1, 0.15) is 24.2 Å². The molecule has 10 nitrogen and oxygen atoms in total. The van der Waals surface area contributed by atoms with Crippen molar-refractivity contribution in [1.29, 1.82) is 5.26 Å². The van der Waals surface area contributed by atoms with Crippen molar-refractivity contribution in [3.63, 3.8) is 0 Å². The van der Waals surface area contributed by atoms with Crippen LogP contribution >= 0.6 is 11.6 Å². The third-order valence-corrected chi connectivity index (χ3v) is 6.47. The van der Waals surface area contributed by atoms with Gasteiger partial charge in [-0.3, -0.25) is 14.4 Å². The molecule has 4 rings (SSSR count). The Morgan fingerprint density at radius 3 is 2.69 bits per heavy atom. The predicted molar refractivity (Wildman–Crippen MR) is 114 cm³/mol. The summed E-state index contributed by atoms with van der Waals surface area (Å²) in [5, 5.41) is 12.6. The number of fused-ring (bicyclic) bond motifs is 1. The molecule has 0 saturated carbocycles. The van der Waals surface area contributed by atoms with E-state index in [1.165, 1.54) is 41.3 Å². The number of hydrogen-bond donors (Lipinski definition) is 1. The molecule has 0 fully saturated rings. The molecule has 0 unspecified atom stereocenters. The highest BCUT2D eigenvalue weighted by atomic mass is 35.5. The fourth-order valence-electron chi connectivity index (χ4n) is 3.04. The highest BCUT2D eigenvalue weighted by Crippen LogP contribution is 2.39. The number of anilines is 2. The number of sulfonamides is 1. The number of aromatic nitrogens is 2. The van der Waals surface area contributed by atoms with Gasteiger partial charge in [0.15, 0.2) is 12.4 Å². The molecular formula is C20H16ClN5O5S. The standard InChI is InChI=1S/C20H16ClN5O5S/c1-2-19-23-18(24-31-19)10-26-15-7-14(21)17(8-16(15)30-11-20(26)27)32(28,29)25-13-5-3-12(9-22)4-6-13/h3-8,25H,2,10-11H2,1H3. The zero-order chi connectivity index (χ0) is 22.9. The summed E-state index contributed by atoms with van der Waals surface area (Å²) in [6.45, 7) is 1.60. The van der Waals surface area contributed by atoms with Crippen LogP contribution in [0.2, 0.25) is 5.02 Å². The predicted octanol–water partition coefficient (Wildman–Crippen LogP) is 2.88. The van der Waals surface area contributed by atoms with Gasteiger partial charge in [0.05, 0.1) is 28.9 Å². The SMILES string of the molecule is CCc1nc(CN2C(=O)COc3cc(S(=O)(=O)Nc4ccc(C#N)cc4)c(Cl)cc32)no1. The van der Waals surface area contributed by atoms with E-state index in [4.69, 9.17) is 26.1 Å². The molecule has 32 heavy (non-hydrogen) atoms. The number of hydrogen-bond acceptors (Lipinski definition) is 8. The van der Waals surface area contributed by atoms with E-state index < -0.39 is 10.0 Å². The first-order valence-corrected chi connectivity index (χ1v) is 11.3. The van der Waals surface area contributed by atoms with Crippen LogP contribution in [-0.2, 0) is 27.8 Å². The maximum Gasteiger partial charge on any atom is 0.265 e. The number of carbonyl (C=O) groups is 1. The van der Waals surface area contributed by atoms with Gasteiger partial charge in [0, 0.05) is 18.2 Å². The number of aryl methyl sites for hydroxylation is 1. The Kier molecular flexibility index (Phi) is 5.73. The Labute approximate surface area is 188 Å². The first kappa shape index (κ1) is 21.6. The summed E-state index contributed by atoms with van der Waals surface area (Å²) in [4.78, 5) is 17.8. The maximum atomic E-state index is 12.9. The minimum absolute atomic E-state index is 0.0185. The van der Waals surface area contributed by atoms with Crippen molar-refractivity contribution in [1.82, 2.24) is 10.1 Å². The summed E-state index contributed by atoms with van der Waals surface area (Å²) in [6.07, 6.45) is 0.555. The van der Waals surface area contributed by atoms with Gasteiger partial charge in [-0.2, -0.15) is 10.2 Å². The lowest BCUT2D eigenvalue weighted by molar-refractivity contribution is -0.121. The fourth-order valence-corrected chi connectivity index (χ4v) is 4.64. The molecule has 0 aliphatic carbocycles. The Balaban J connectivity index is 1.65. The van der Waals surface area contributed by atoms with E-state index in [9.17, 15) is 13.2 Å². The van der Waals surface area contributed by atoms with Crippen LogP contribution in [0, 0.1) is 11.3 Å². The molecule has 164 valence electrons. The lowest BCUT2D eigenvalue weighted by atomic mass is 10.2. The molecule has 0 atom stereocenters. The Hall–Kier alpha value is -3.62. The van der Waals surface area contributed by atoms with Gasteiger partial charge in [-0.05, 0) is 30.3 Å². The Morgan fingerprint density at radius 2 is 2.03 bits per heavy atom. The molecule has 0 bridgehead atoms. The minimum Gasteiger partial charge on any atom is -0.482 e. The topological polar surface area (TPSA) is 138 Å². The van der Waals surface area contributed by atoms with E-state index in [1.54, 1.807) is 0 Å². The normalized spacial score (nSPS) is 13.3. The van der Waals surface area contributed by atoms with Crippen molar-refractivity contribution in [2.45, 2.75) is 24.8 Å². The van der Waals surface area contributed by atoms with Gasteiger partial charge in [0.25, 0.3) is 15.9 Å². The van der Waals surface area contributed by atoms with Crippen LogP contribution < -0.4 is 14.4 Å². The highest BCUT2D eigenvalue weighted by molar-refractivity contribution is 7.92. The van der Waals surface area contributed by atoms with Crippen molar-refractivity contribution in [2.75, 3.05) is 16.2 Å². The van der Waals surface area contributed by atoms with Gasteiger partial charge in [-0.15, -0.1) is 0 Å². The second kappa shape index (κ2) is 8.49. The number of rotatable bonds is 6. The average Bonchev–Trinajstić information content (AvgIpc) is 3.23. The summed E-state index contributed by atoms with van der Waals surface area (Å²) in [5.41, 5.74) is 0.955. The van der Waals surface area contributed by atoms with Gasteiger partial charge in [0.1, 0.15) is 10.6 Å². The smallest absolute Gasteiger partial charge is 0.265 e. The van der Waals surface area contributed by atoms with E-state index in [1.807, 2.05) is 13.0 Å². The van der Waals surface area contributed by atoms with Gasteiger partial charge in [0.2, 0.25) is 5.89 Å². The third kappa shape index (κ3) is 4.23. The molecule has 1 aliphatic heterocycles. The quantitative estimate of drug-likeness (QED) is 0.576. The second-order valence-corrected chi connectivity index (χ2v) is 8.83. The van der Waals surface area contributed by atoms with Crippen LogP contribution in [-0.4, -0.2) is 31.1 Å². The summed E-state index contributed by atoms with van der Waals surface area (Å²) in [5.74, 6) is 0.559. The molecule has 0 saturated heterocycles. The van der Waals surface area contributed by atoms with Crippen molar-refractivity contribution in [3.05, 3.63) is 58.7 Å². The van der Waals surface area contributed by atoms with Crippen LogP contribution in [0.15, 0.2) is 45.8 Å². The number of ether oxygens (including phenoxy) is 1. The highest BCUT2D eigenvalue weighted by Gasteiger charge is 2.30. The van der Waals surface area contributed by atoms with Crippen LogP contribution in [0.25, 0.3) is 0 Å². The van der Waals surface area contributed by atoms with E-state index in [0.717, 1.165) is 0 Å². The van der Waals surface area contributed by atoms with Crippen molar-refractivity contribution in [2.24, 2.45) is 0 Å². The maximum absolute atomic E-state index is 12.9. The Morgan fingerprint density at radius 1 is 1.28 bits per heavy atom. The number of nitrogens with zero attached hydrogens (tertiary/aromatic N) is 4. The first-order valence-electron chi connectivity index (χ1n) is 9.42. The van der Waals surface area contributed by atoms with Crippen LogP contribution in [0.4, 0.5) is 11.4 Å². The average molecular weight is 474 g/mol. The van der Waals surface area contributed by atoms with Gasteiger partial charge in [-0.1, -0.05) is 23.7 Å². The van der Waals surface area contributed by atoms with Gasteiger partial charge < -0.3 is 9.26 Å². The van der Waals surface area contributed by atoms with E-state index >= 15 is 0 Å². The zero-order valence-corrected chi connectivity index (χ0v) is 18.3. The van der Waals surface area contributed by atoms with E-state index in [2.05, 4.69) is 14.9 Å². The molecular weight excluding hydrogens is 458 g/mol. The Bertz CT molecular complexity index is 1330. The van der Waals surface area contributed by atoms with E-state index in [0.29, 0.717) is 29.4 Å². The van der Waals surface area contributed by atoms with Gasteiger partial charge in [-0.25, -0.2) is 8.42 Å². The molecule has 0 radical (unpaired) electrons. The molecule has 2 heterocycles. The molecule has 3 aromatic rings. The number of amides is 1. The molecule has 1 aromatic heterocycles. The van der Waals surface area contributed by atoms with Crippen molar-refractivity contribution >= 4 is 38.9 Å². The summed E-state index contributed by atoms with van der Waals surface area (Å²) in [6, 6.07) is 10.5. The summed E-state index contributed by atoms with van der Waals surface area (Å²) in [7, 11) is -4.07. The molecule has 1 amide bonds. The summed E-state index contributed by atoms with van der Waals surface area (Å²) >= 11 is 6.30. The molecule has 2 aromatic carbocycles. The van der Waals surface area contributed by atoms with Crippen molar-refractivity contribution in [3.8, 4) is 11.8 Å². The monoisotopic (exact) mass is 473 g/mol. The third-order valence-electron chi connectivity index (χ3n) is 4.62. The second-order valence-electron chi connectivity index (χ2n) is 6.77. The number of nitriles is 1. The van der Waals surface area contributed by atoms with Crippen LogP contribution in [0.5, 0.6) is 5.75 Å². The minimum atomic E-state index is -4.07. The van der Waals surface area contributed by atoms with E-state index in [-0.39, 0.29) is 40.4 Å². The number of carbonyl (C=O) groups excluding carboxylic acids is 1. The number of nitrogens with one attached hydrogen (secondary N) is 1. The van der Waals surface area contributed by atoms with Gasteiger partial charge >= 0.3 is 0 Å². The lowest BCUT2D eigenvalue weighted by Crippen LogP contribution is -2.38. The lowest BCUT2D eigenvalue weighted by Gasteiger charge is -2.29. The van der Waals surface area contributed by atoms with Crippen LogP contribution in [0.3, 0.4) is 0 Å². The molecule has 12 heteroatoms. The molecule has 1 aliphatic rings.